The zero-order valence-electron chi connectivity index (χ0n) is 10.6. The smallest absolute Gasteiger partial charge is 0.284 e. The Bertz CT molecular complexity index is 603. The molecule has 0 heterocycles. The summed E-state index contributed by atoms with van der Waals surface area (Å²) < 4.78 is -0.0565. The molecule has 1 aromatic rings. The molecule has 0 unspecified atom stereocenters. The summed E-state index contributed by atoms with van der Waals surface area (Å²) in [6, 6.07) is 3.82. The molecule has 0 spiro atoms. The van der Waals surface area contributed by atoms with E-state index in [1.54, 1.807) is 0 Å². The van der Waals surface area contributed by atoms with E-state index in [9.17, 15) is 24.5 Å². The van der Waals surface area contributed by atoms with Crippen LogP contribution in [0.5, 0.6) is 0 Å². The van der Waals surface area contributed by atoms with Crippen molar-refractivity contribution >= 4 is 39.3 Å². The lowest BCUT2D eigenvalue weighted by Crippen LogP contribution is -2.43. The summed E-state index contributed by atoms with van der Waals surface area (Å²) in [5.74, 6) is -2.46. The maximum atomic E-state index is 12.3. The van der Waals surface area contributed by atoms with Crippen molar-refractivity contribution in [3.8, 4) is 0 Å². The van der Waals surface area contributed by atoms with Crippen molar-refractivity contribution in [2.45, 2.75) is 0 Å². The van der Waals surface area contributed by atoms with Crippen LogP contribution in [-0.4, -0.2) is 40.6 Å². The molecule has 21 heavy (non-hydrogen) atoms. The molecular formula is C11H11BrN4O5. The van der Waals surface area contributed by atoms with Crippen LogP contribution in [0.25, 0.3) is 0 Å². The minimum Gasteiger partial charge on any atom is -0.368 e. The van der Waals surface area contributed by atoms with Crippen molar-refractivity contribution in [1.82, 2.24) is 4.90 Å². The number of nitrogens with two attached hydrogens (primary N) is 2. The van der Waals surface area contributed by atoms with Gasteiger partial charge in [0.2, 0.25) is 11.8 Å². The quantitative estimate of drug-likeness (QED) is 0.531. The highest BCUT2D eigenvalue weighted by molar-refractivity contribution is 9.10. The highest BCUT2D eigenvalue weighted by Gasteiger charge is 2.25. The number of rotatable bonds is 6. The molecule has 0 radical (unpaired) electrons. The molecule has 0 aliphatic carbocycles. The van der Waals surface area contributed by atoms with Gasteiger partial charge in [0.1, 0.15) is 17.6 Å². The first-order valence-electron chi connectivity index (χ1n) is 5.52. The van der Waals surface area contributed by atoms with E-state index in [2.05, 4.69) is 15.9 Å². The lowest BCUT2D eigenvalue weighted by molar-refractivity contribution is -0.385. The standard InChI is InChI=1S/C11H11BrN4O5/c12-10-6(2-1-3-7(10)16(20)21)11(19)15(4-8(13)17)5-9(14)18/h1-3H,4-5H2,(H2,13,17)(H2,14,18). The normalized spacial score (nSPS) is 9.95. The van der Waals surface area contributed by atoms with Crippen molar-refractivity contribution in [2.75, 3.05) is 13.1 Å². The van der Waals surface area contributed by atoms with Gasteiger partial charge in [0.05, 0.1) is 10.5 Å². The second-order valence-electron chi connectivity index (χ2n) is 3.99. The Morgan fingerprint density at radius 1 is 1.19 bits per heavy atom. The van der Waals surface area contributed by atoms with Gasteiger partial charge in [-0.2, -0.15) is 0 Å². The number of hydrogen-bond acceptors (Lipinski definition) is 5. The van der Waals surface area contributed by atoms with E-state index in [0.717, 1.165) is 4.90 Å². The van der Waals surface area contributed by atoms with E-state index in [0.29, 0.717) is 0 Å². The van der Waals surface area contributed by atoms with Crippen molar-refractivity contribution < 1.29 is 19.3 Å². The number of carbonyl (C=O) groups excluding carboxylic acids is 3. The zero-order chi connectivity index (χ0) is 16.2. The van der Waals surface area contributed by atoms with Crippen LogP contribution >= 0.6 is 15.9 Å². The third-order valence-electron chi connectivity index (χ3n) is 2.39. The number of halogens is 1. The largest absolute Gasteiger partial charge is 0.368 e. The SMILES string of the molecule is NC(=O)CN(CC(N)=O)C(=O)c1cccc([N+](=O)[O-])c1Br. The number of primary amides is 2. The van der Waals surface area contributed by atoms with Gasteiger partial charge in [-0.25, -0.2) is 0 Å². The van der Waals surface area contributed by atoms with Crippen LogP contribution in [0.15, 0.2) is 22.7 Å². The van der Waals surface area contributed by atoms with Gasteiger partial charge in [-0.15, -0.1) is 0 Å². The van der Waals surface area contributed by atoms with Gasteiger partial charge in [-0.3, -0.25) is 24.5 Å². The number of benzene rings is 1. The van der Waals surface area contributed by atoms with E-state index in [4.69, 9.17) is 11.5 Å². The van der Waals surface area contributed by atoms with Gasteiger partial charge in [-0.05, 0) is 22.0 Å². The predicted octanol–water partition coefficient (Wildman–Crippen LogP) is -0.230. The fraction of sp³-hybridized carbons (Fsp3) is 0.182. The first kappa shape index (κ1) is 16.6. The van der Waals surface area contributed by atoms with Gasteiger partial charge in [-0.1, -0.05) is 6.07 Å². The minimum atomic E-state index is -0.842. The highest BCUT2D eigenvalue weighted by atomic mass is 79.9. The summed E-state index contributed by atoms with van der Waals surface area (Å²) in [4.78, 5) is 45.1. The average molecular weight is 359 g/mol. The second kappa shape index (κ2) is 6.79. The summed E-state index contributed by atoms with van der Waals surface area (Å²) in [5, 5.41) is 10.8. The summed E-state index contributed by atoms with van der Waals surface area (Å²) in [7, 11) is 0. The van der Waals surface area contributed by atoms with E-state index in [-0.39, 0.29) is 15.7 Å². The molecule has 3 amide bonds. The molecule has 9 nitrogen and oxygen atoms in total. The van der Waals surface area contributed by atoms with Gasteiger partial charge < -0.3 is 16.4 Å². The lowest BCUT2D eigenvalue weighted by atomic mass is 10.1. The topological polar surface area (TPSA) is 150 Å². The molecule has 0 aliphatic rings. The summed E-state index contributed by atoms with van der Waals surface area (Å²) in [6.07, 6.45) is 0. The lowest BCUT2D eigenvalue weighted by Gasteiger charge is -2.20. The van der Waals surface area contributed by atoms with Crippen molar-refractivity contribution in [1.29, 1.82) is 0 Å². The molecule has 10 heteroatoms. The van der Waals surface area contributed by atoms with E-state index < -0.39 is 35.7 Å². The number of hydrogen-bond donors (Lipinski definition) is 2. The van der Waals surface area contributed by atoms with Crippen molar-refractivity contribution in [2.24, 2.45) is 11.5 Å². The molecule has 0 fully saturated rings. The van der Waals surface area contributed by atoms with E-state index in [1.165, 1.54) is 18.2 Å². The fourth-order valence-corrected chi connectivity index (χ4v) is 2.15. The Labute approximate surface area is 127 Å². The Morgan fingerprint density at radius 3 is 2.14 bits per heavy atom. The van der Waals surface area contributed by atoms with E-state index in [1.807, 2.05) is 0 Å². The van der Waals surface area contributed by atoms with Gasteiger partial charge >= 0.3 is 0 Å². The number of nitro groups is 1. The molecule has 0 aliphatic heterocycles. The Kier molecular flexibility index (Phi) is 5.36. The molecule has 0 atom stereocenters. The van der Waals surface area contributed by atoms with Crippen LogP contribution in [-0.2, 0) is 9.59 Å². The molecule has 0 saturated carbocycles. The van der Waals surface area contributed by atoms with Crippen LogP contribution < -0.4 is 11.5 Å². The first-order valence-corrected chi connectivity index (χ1v) is 6.32. The maximum absolute atomic E-state index is 12.3. The van der Waals surface area contributed by atoms with Gasteiger partial charge in [0, 0.05) is 6.07 Å². The molecule has 1 aromatic carbocycles. The number of nitrogens with zero attached hydrogens (tertiary/aromatic N) is 2. The van der Waals surface area contributed by atoms with Crippen LogP contribution in [0.2, 0.25) is 0 Å². The second-order valence-corrected chi connectivity index (χ2v) is 4.78. The monoisotopic (exact) mass is 358 g/mol. The predicted molar refractivity (Wildman–Crippen MR) is 75.1 cm³/mol. The van der Waals surface area contributed by atoms with Crippen LogP contribution in [0.3, 0.4) is 0 Å². The number of nitro benzene ring substituents is 1. The molecule has 1 rings (SSSR count). The van der Waals surface area contributed by atoms with E-state index >= 15 is 0 Å². The summed E-state index contributed by atoms with van der Waals surface area (Å²) in [6.45, 7) is -1.06. The molecular weight excluding hydrogens is 348 g/mol. The molecule has 0 saturated heterocycles. The Morgan fingerprint density at radius 2 is 1.71 bits per heavy atom. The number of carbonyl (C=O) groups is 3. The summed E-state index contributed by atoms with van der Waals surface area (Å²) >= 11 is 2.96. The molecule has 4 N–H and O–H groups in total. The molecule has 0 aromatic heterocycles. The van der Waals surface area contributed by atoms with Gasteiger partial charge in [0.15, 0.2) is 0 Å². The van der Waals surface area contributed by atoms with Gasteiger partial charge in [0.25, 0.3) is 11.6 Å². The molecule has 112 valence electrons. The van der Waals surface area contributed by atoms with Crippen LogP contribution in [0, 0.1) is 10.1 Å². The highest BCUT2D eigenvalue weighted by Crippen LogP contribution is 2.29. The van der Waals surface area contributed by atoms with Crippen LogP contribution in [0.1, 0.15) is 10.4 Å². The van der Waals surface area contributed by atoms with Crippen molar-refractivity contribution in [3.05, 3.63) is 38.3 Å². The third kappa shape index (κ3) is 4.24. The Hall–Kier alpha value is -2.49. The summed E-state index contributed by atoms with van der Waals surface area (Å²) in [5.41, 5.74) is 9.59. The molecule has 0 bridgehead atoms. The zero-order valence-corrected chi connectivity index (χ0v) is 12.2. The third-order valence-corrected chi connectivity index (χ3v) is 3.22. The Balaban J connectivity index is 3.20. The van der Waals surface area contributed by atoms with Crippen LogP contribution in [0.4, 0.5) is 5.69 Å². The fourth-order valence-electron chi connectivity index (χ4n) is 1.57. The maximum Gasteiger partial charge on any atom is 0.284 e. The number of amides is 3. The van der Waals surface area contributed by atoms with Crippen molar-refractivity contribution in [3.63, 3.8) is 0 Å². The average Bonchev–Trinajstić information content (AvgIpc) is 2.36. The first-order chi connectivity index (χ1) is 9.73. The minimum absolute atomic E-state index is 0.0565.